The molecule has 0 radical (unpaired) electrons. The number of nitrogens with one attached hydrogen (secondary N) is 2. The van der Waals surface area contributed by atoms with E-state index in [4.69, 9.17) is 9.47 Å². The molecule has 1 heterocycles. The van der Waals surface area contributed by atoms with Gasteiger partial charge in [0.25, 0.3) is 5.91 Å². The number of hydrogen-bond donors (Lipinski definition) is 2. The summed E-state index contributed by atoms with van der Waals surface area (Å²) in [6, 6.07) is 7.03. The molecule has 0 spiro atoms. The Bertz CT molecular complexity index is 685. The molecule has 0 bridgehead atoms. The van der Waals surface area contributed by atoms with E-state index in [1.807, 2.05) is 6.92 Å². The second-order valence-electron chi connectivity index (χ2n) is 6.51. The van der Waals surface area contributed by atoms with E-state index in [2.05, 4.69) is 20.5 Å². The number of ether oxygens (including phenoxy) is 2. The first-order valence-electron chi connectivity index (χ1n) is 9.62. The van der Waals surface area contributed by atoms with Gasteiger partial charge in [0.2, 0.25) is 0 Å². The number of aliphatic imine (C=N–C) groups is 1. The Labute approximate surface area is 166 Å². The summed E-state index contributed by atoms with van der Waals surface area (Å²) in [7, 11) is 3.00. The Balaban J connectivity index is 1.84. The van der Waals surface area contributed by atoms with Gasteiger partial charge in [0.1, 0.15) is 5.75 Å². The molecule has 0 unspecified atom stereocenters. The van der Waals surface area contributed by atoms with Crippen molar-refractivity contribution in [3.63, 3.8) is 0 Å². The standard InChI is InChI=1S/C20H30N4O4/c1-4-21-20(24-12-8-15(9-13-24)19(26)28-3)23-11-10-22-18(25)16-6-5-7-17(14-16)27-2/h5-7,14-15H,4,8-13H2,1-3H3,(H,21,23)(H,22,25). The maximum Gasteiger partial charge on any atom is 0.308 e. The Morgan fingerprint density at radius 3 is 2.61 bits per heavy atom. The molecule has 0 aromatic heterocycles. The molecule has 154 valence electrons. The first-order chi connectivity index (χ1) is 13.6. The van der Waals surface area contributed by atoms with Crippen LogP contribution in [-0.2, 0) is 9.53 Å². The van der Waals surface area contributed by atoms with E-state index < -0.39 is 0 Å². The van der Waals surface area contributed by atoms with Gasteiger partial charge in [0, 0.05) is 31.7 Å². The smallest absolute Gasteiger partial charge is 0.308 e. The van der Waals surface area contributed by atoms with Crippen LogP contribution in [0.5, 0.6) is 5.75 Å². The maximum atomic E-state index is 12.2. The Kier molecular flexibility index (Phi) is 8.58. The third-order valence-corrected chi connectivity index (χ3v) is 4.65. The van der Waals surface area contributed by atoms with Crippen LogP contribution in [0.25, 0.3) is 0 Å². The van der Waals surface area contributed by atoms with Gasteiger partial charge in [-0.2, -0.15) is 0 Å². The van der Waals surface area contributed by atoms with Crippen molar-refractivity contribution in [2.24, 2.45) is 10.9 Å². The number of guanidine groups is 1. The highest BCUT2D eigenvalue weighted by atomic mass is 16.5. The molecule has 0 aliphatic carbocycles. The van der Waals surface area contributed by atoms with E-state index in [9.17, 15) is 9.59 Å². The van der Waals surface area contributed by atoms with Gasteiger partial charge in [0.15, 0.2) is 5.96 Å². The van der Waals surface area contributed by atoms with Gasteiger partial charge in [0.05, 0.1) is 26.7 Å². The number of piperidine rings is 1. The molecule has 0 atom stereocenters. The number of rotatable bonds is 7. The van der Waals surface area contributed by atoms with Gasteiger partial charge in [-0.15, -0.1) is 0 Å². The average molecular weight is 390 g/mol. The fraction of sp³-hybridized carbons (Fsp3) is 0.550. The van der Waals surface area contributed by atoms with Crippen molar-refractivity contribution in [2.75, 3.05) is 46.9 Å². The van der Waals surface area contributed by atoms with E-state index in [-0.39, 0.29) is 17.8 Å². The molecule has 2 N–H and O–H groups in total. The number of carbonyl (C=O) groups is 2. The van der Waals surface area contributed by atoms with Crippen LogP contribution >= 0.6 is 0 Å². The van der Waals surface area contributed by atoms with E-state index >= 15 is 0 Å². The quantitative estimate of drug-likeness (QED) is 0.315. The Morgan fingerprint density at radius 2 is 1.96 bits per heavy atom. The van der Waals surface area contributed by atoms with Gasteiger partial charge >= 0.3 is 5.97 Å². The molecule has 1 aliphatic heterocycles. The summed E-state index contributed by atoms with van der Waals surface area (Å²) < 4.78 is 9.98. The molecule has 2 rings (SSSR count). The molecule has 1 saturated heterocycles. The number of methoxy groups -OCH3 is 2. The van der Waals surface area contributed by atoms with Crippen molar-refractivity contribution < 1.29 is 19.1 Å². The fourth-order valence-corrected chi connectivity index (χ4v) is 3.12. The average Bonchev–Trinajstić information content (AvgIpc) is 2.75. The number of benzene rings is 1. The number of esters is 1. The Morgan fingerprint density at radius 1 is 1.21 bits per heavy atom. The summed E-state index contributed by atoms with van der Waals surface area (Å²) in [6.07, 6.45) is 1.51. The van der Waals surface area contributed by atoms with Crippen LogP contribution in [0.3, 0.4) is 0 Å². The lowest BCUT2D eigenvalue weighted by Gasteiger charge is -2.33. The lowest BCUT2D eigenvalue weighted by Crippen LogP contribution is -2.47. The van der Waals surface area contributed by atoms with Crippen molar-refractivity contribution in [3.8, 4) is 5.75 Å². The van der Waals surface area contributed by atoms with Gasteiger partial charge in [-0.3, -0.25) is 14.6 Å². The van der Waals surface area contributed by atoms with Crippen molar-refractivity contribution in [1.29, 1.82) is 0 Å². The minimum atomic E-state index is -0.155. The first kappa shape index (κ1) is 21.5. The molecule has 8 nitrogen and oxygen atoms in total. The topological polar surface area (TPSA) is 92.3 Å². The van der Waals surface area contributed by atoms with E-state index in [1.165, 1.54) is 7.11 Å². The fourth-order valence-electron chi connectivity index (χ4n) is 3.12. The van der Waals surface area contributed by atoms with Crippen molar-refractivity contribution in [2.45, 2.75) is 19.8 Å². The lowest BCUT2D eigenvalue weighted by molar-refractivity contribution is -0.146. The number of amides is 1. The van der Waals surface area contributed by atoms with Gasteiger partial charge in [-0.25, -0.2) is 0 Å². The summed E-state index contributed by atoms with van der Waals surface area (Å²) in [5, 5.41) is 6.15. The molecule has 8 heteroatoms. The van der Waals surface area contributed by atoms with Crippen LogP contribution < -0.4 is 15.4 Å². The second kappa shape index (κ2) is 11.2. The minimum Gasteiger partial charge on any atom is -0.497 e. The molecule has 1 fully saturated rings. The van der Waals surface area contributed by atoms with Crippen molar-refractivity contribution in [3.05, 3.63) is 29.8 Å². The van der Waals surface area contributed by atoms with Crippen molar-refractivity contribution >= 4 is 17.8 Å². The van der Waals surface area contributed by atoms with Gasteiger partial charge < -0.3 is 25.0 Å². The first-order valence-corrected chi connectivity index (χ1v) is 9.62. The van der Waals surface area contributed by atoms with Crippen LogP contribution in [-0.4, -0.2) is 69.7 Å². The molecule has 1 aromatic rings. The Hall–Kier alpha value is -2.77. The summed E-state index contributed by atoms with van der Waals surface area (Å²) in [5.74, 6) is 1.13. The molecular weight excluding hydrogens is 360 g/mol. The van der Waals surface area contributed by atoms with Crippen molar-refractivity contribution in [1.82, 2.24) is 15.5 Å². The molecular formula is C20H30N4O4. The van der Waals surface area contributed by atoms with E-state index in [1.54, 1.807) is 31.4 Å². The second-order valence-corrected chi connectivity index (χ2v) is 6.51. The number of nitrogens with zero attached hydrogens (tertiary/aromatic N) is 2. The SMILES string of the molecule is CCNC(=NCCNC(=O)c1cccc(OC)c1)N1CCC(C(=O)OC)CC1. The molecule has 1 aliphatic rings. The van der Waals surface area contributed by atoms with Crippen LogP contribution in [0.1, 0.15) is 30.1 Å². The van der Waals surface area contributed by atoms with E-state index in [0.29, 0.717) is 24.4 Å². The normalized spacial score (nSPS) is 15.1. The van der Waals surface area contributed by atoms with Crippen LogP contribution in [0.15, 0.2) is 29.3 Å². The lowest BCUT2D eigenvalue weighted by atomic mass is 9.97. The third-order valence-electron chi connectivity index (χ3n) is 4.65. The van der Waals surface area contributed by atoms with Crippen LogP contribution in [0, 0.1) is 5.92 Å². The molecule has 1 amide bonds. The zero-order chi connectivity index (χ0) is 20.4. The molecule has 1 aromatic carbocycles. The summed E-state index contributed by atoms with van der Waals surface area (Å²) in [6.45, 7) is 5.18. The van der Waals surface area contributed by atoms with E-state index in [0.717, 1.165) is 38.4 Å². The highest BCUT2D eigenvalue weighted by molar-refractivity contribution is 5.94. The minimum absolute atomic E-state index is 0.0359. The van der Waals surface area contributed by atoms with Gasteiger partial charge in [-0.1, -0.05) is 6.07 Å². The predicted octanol–water partition coefficient (Wildman–Crippen LogP) is 1.28. The predicted molar refractivity (Wildman–Crippen MR) is 108 cm³/mol. The van der Waals surface area contributed by atoms with Crippen LogP contribution in [0.2, 0.25) is 0 Å². The zero-order valence-corrected chi connectivity index (χ0v) is 16.9. The zero-order valence-electron chi connectivity index (χ0n) is 16.9. The monoisotopic (exact) mass is 390 g/mol. The largest absolute Gasteiger partial charge is 0.497 e. The highest BCUT2D eigenvalue weighted by Gasteiger charge is 2.26. The van der Waals surface area contributed by atoms with Crippen LogP contribution in [0.4, 0.5) is 0 Å². The molecule has 28 heavy (non-hydrogen) atoms. The molecule has 0 saturated carbocycles. The summed E-state index contributed by atoms with van der Waals surface area (Å²) in [4.78, 5) is 30.6. The van der Waals surface area contributed by atoms with Gasteiger partial charge in [-0.05, 0) is 38.0 Å². The number of likely N-dealkylation sites (tertiary alicyclic amines) is 1. The summed E-state index contributed by atoms with van der Waals surface area (Å²) >= 11 is 0. The highest BCUT2D eigenvalue weighted by Crippen LogP contribution is 2.18. The summed E-state index contributed by atoms with van der Waals surface area (Å²) in [5.41, 5.74) is 0.556. The third kappa shape index (κ3) is 6.14. The number of carbonyl (C=O) groups excluding carboxylic acids is 2. The maximum absolute atomic E-state index is 12.2. The number of hydrogen-bond acceptors (Lipinski definition) is 5.